The molecule has 0 bridgehead atoms. The number of hydrogen-bond acceptors (Lipinski definition) is 3. The van der Waals surface area contributed by atoms with Crippen molar-refractivity contribution in [1.29, 1.82) is 0 Å². The molecule has 0 aliphatic carbocycles. The van der Waals surface area contributed by atoms with E-state index < -0.39 is 10.0 Å². The zero-order valence-corrected chi connectivity index (χ0v) is 11.2. The Morgan fingerprint density at radius 1 is 1.22 bits per heavy atom. The quantitative estimate of drug-likeness (QED) is 0.688. The highest BCUT2D eigenvalue weighted by atomic mass is 32.2. The van der Waals surface area contributed by atoms with Crippen LogP contribution in [0.4, 0.5) is 10.5 Å². The van der Waals surface area contributed by atoms with Crippen molar-refractivity contribution in [3.05, 3.63) is 29.8 Å². The molecule has 0 saturated heterocycles. The van der Waals surface area contributed by atoms with Crippen LogP contribution in [0.3, 0.4) is 0 Å². The van der Waals surface area contributed by atoms with Crippen LogP contribution in [0, 0.1) is 6.92 Å². The SMILES string of the molecule is Cc1ccccc1NC(=O)NCCNS(C)(=O)=O. The number of benzene rings is 1. The molecule has 1 rings (SSSR count). The molecule has 0 radical (unpaired) electrons. The highest BCUT2D eigenvalue weighted by Crippen LogP contribution is 2.12. The average Bonchev–Trinajstić information content (AvgIpc) is 2.26. The average molecular weight is 271 g/mol. The maximum Gasteiger partial charge on any atom is 0.319 e. The first-order chi connectivity index (χ1) is 8.38. The Morgan fingerprint density at radius 3 is 2.50 bits per heavy atom. The summed E-state index contributed by atoms with van der Waals surface area (Å²) in [6.45, 7) is 2.28. The first-order valence-corrected chi connectivity index (χ1v) is 7.33. The Bertz CT molecular complexity index is 514. The molecule has 18 heavy (non-hydrogen) atoms. The zero-order valence-electron chi connectivity index (χ0n) is 10.4. The van der Waals surface area contributed by atoms with Crippen molar-refractivity contribution in [2.75, 3.05) is 24.7 Å². The van der Waals surface area contributed by atoms with Crippen molar-refractivity contribution in [2.24, 2.45) is 0 Å². The molecule has 0 fully saturated rings. The van der Waals surface area contributed by atoms with E-state index in [9.17, 15) is 13.2 Å². The third-order valence-corrected chi connectivity index (χ3v) is 2.90. The lowest BCUT2D eigenvalue weighted by Crippen LogP contribution is -2.36. The molecule has 3 N–H and O–H groups in total. The van der Waals surface area contributed by atoms with Crippen LogP contribution in [0.15, 0.2) is 24.3 Å². The fourth-order valence-electron chi connectivity index (χ4n) is 1.29. The van der Waals surface area contributed by atoms with Gasteiger partial charge in [-0.1, -0.05) is 18.2 Å². The Morgan fingerprint density at radius 2 is 1.89 bits per heavy atom. The number of sulfonamides is 1. The molecule has 0 aliphatic rings. The Kier molecular flexibility index (Phi) is 5.11. The number of para-hydroxylation sites is 1. The molecule has 1 aromatic rings. The smallest absolute Gasteiger partial charge is 0.319 e. The lowest BCUT2D eigenvalue weighted by Gasteiger charge is -2.09. The first kappa shape index (κ1) is 14.5. The number of rotatable bonds is 5. The van der Waals surface area contributed by atoms with Crippen LogP contribution in [-0.2, 0) is 10.0 Å². The van der Waals surface area contributed by atoms with Gasteiger partial charge in [0.2, 0.25) is 10.0 Å². The van der Waals surface area contributed by atoms with E-state index in [1.807, 2.05) is 25.1 Å². The number of carbonyl (C=O) groups excluding carboxylic acids is 1. The van der Waals surface area contributed by atoms with Gasteiger partial charge in [-0.25, -0.2) is 17.9 Å². The highest BCUT2D eigenvalue weighted by Gasteiger charge is 2.04. The Balaban J connectivity index is 2.33. The minimum Gasteiger partial charge on any atom is -0.337 e. The van der Waals surface area contributed by atoms with Gasteiger partial charge in [0, 0.05) is 18.8 Å². The second-order valence-corrected chi connectivity index (χ2v) is 5.70. The van der Waals surface area contributed by atoms with Crippen LogP contribution in [0.2, 0.25) is 0 Å². The van der Waals surface area contributed by atoms with E-state index >= 15 is 0 Å². The minimum absolute atomic E-state index is 0.167. The fourth-order valence-corrected chi connectivity index (χ4v) is 1.76. The maximum absolute atomic E-state index is 11.5. The number of amides is 2. The highest BCUT2D eigenvalue weighted by molar-refractivity contribution is 7.88. The molecule has 6 nitrogen and oxygen atoms in total. The lowest BCUT2D eigenvalue weighted by molar-refractivity contribution is 0.252. The standard InChI is InChI=1S/C11H17N3O3S/c1-9-5-3-4-6-10(9)14-11(15)12-7-8-13-18(2,16)17/h3-6,13H,7-8H2,1-2H3,(H2,12,14,15). The molecule has 0 heterocycles. The molecule has 0 saturated carbocycles. The first-order valence-electron chi connectivity index (χ1n) is 5.43. The van der Waals surface area contributed by atoms with Gasteiger partial charge < -0.3 is 10.6 Å². The molecule has 0 atom stereocenters. The normalized spacial score (nSPS) is 11.0. The summed E-state index contributed by atoms with van der Waals surface area (Å²) in [7, 11) is -3.21. The summed E-state index contributed by atoms with van der Waals surface area (Å²) >= 11 is 0. The number of urea groups is 1. The van der Waals surface area contributed by atoms with E-state index in [2.05, 4.69) is 15.4 Å². The second-order valence-electron chi connectivity index (χ2n) is 3.86. The molecule has 1 aromatic carbocycles. The zero-order chi connectivity index (χ0) is 13.6. The second kappa shape index (κ2) is 6.36. The van der Waals surface area contributed by atoms with Crippen molar-refractivity contribution in [2.45, 2.75) is 6.92 Å². The third kappa shape index (κ3) is 5.65. The molecule has 0 spiro atoms. The van der Waals surface area contributed by atoms with E-state index in [0.717, 1.165) is 17.5 Å². The van der Waals surface area contributed by atoms with Gasteiger partial charge >= 0.3 is 6.03 Å². The molecule has 0 aliphatic heterocycles. The van der Waals surface area contributed by atoms with E-state index in [1.165, 1.54) is 0 Å². The van der Waals surface area contributed by atoms with E-state index in [-0.39, 0.29) is 19.1 Å². The number of carbonyl (C=O) groups is 1. The van der Waals surface area contributed by atoms with Crippen LogP contribution in [0.5, 0.6) is 0 Å². The molecule has 100 valence electrons. The molecule has 0 unspecified atom stereocenters. The van der Waals surface area contributed by atoms with Crippen LogP contribution in [0.1, 0.15) is 5.56 Å². The predicted octanol–water partition coefficient (Wildman–Crippen LogP) is 0.666. The van der Waals surface area contributed by atoms with Gasteiger partial charge in [-0.05, 0) is 18.6 Å². The molecule has 2 amide bonds. The van der Waals surface area contributed by atoms with Gasteiger partial charge in [0.1, 0.15) is 0 Å². The topological polar surface area (TPSA) is 87.3 Å². The number of anilines is 1. The van der Waals surface area contributed by atoms with E-state index in [0.29, 0.717) is 0 Å². The van der Waals surface area contributed by atoms with Gasteiger partial charge in [-0.15, -0.1) is 0 Å². The van der Waals surface area contributed by atoms with E-state index in [4.69, 9.17) is 0 Å². The van der Waals surface area contributed by atoms with Crippen LogP contribution in [0.25, 0.3) is 0 Å². The minimum atomic E-state index is -3.21. The summed E-state index contributed by atoms with van der Waals surface area (Å²) in [6.07, 6.45) is 1.07. The van der Waals surface area contributed by atoms with Crippen molar-refractivity contribution < 1.29 is 13.2 Å². The van der Waals surface area contributed by atoms with Crippen LogP contribution >= 0.6 is 0 Å². The Labute approximate surface area is 107 Å². The van der Waals surface area contributed by atoms with Crippen molar-refractivity contribution >= 4 is 21.7 Å². The summed E-state index contributed by atoms with van der Waals surface area (Å²) in [5.74, 6) is 0. The molecular weight excluding hydrogens is 254 g/mol. The van der Waals surface area contributed by atoms with Gasteiger partial charge in [0.15, 0.2) is 0 Å². The third-order valence-electron chi connectivity index (χ3n) is 2.17. The number of hydrogen-bond donors (Lipinski definition) is 3. The van der Waals surface area contributed by atoms with Gasteiger partial charge in [0.25, 0.3) is 0 Å². The fraction of sp³-hybridized carbons (Fsp3) is 0.364. The van der Waals surface area contributed by atoms with Crippen molar-refractivity contribution in [3.63, 3.8) is 0 Å². The van der Waals surface area contributed by atoms with Gasteiger partial charge in [-0.2, -0.15) is 0 Å². The maximum atomic E-state index is 11.5. The predicted molar refractivity (Wildman–Crippen MR) is 71.0 cm³/mol. The largest absolute Gasteiger partial charge is 0.337 e. The monoisotopic (exact) mass is 271 g/mol. The summed E-state index contributed by atoms with van der Waals surface area (Å²) in [6, 6.07) is 7.03. The van der Waals surface area contributed by atoms with Gasteiger partial charge in [0.05, 0.1) is 6.26 Å². The van der Waals surface area contributed by atoms with Crippen LogP contribution < -0.4 is 15.4 Å². The van der Waals surface area contributed by atoms with Crippen molar-refractivity contribution in [1.82, 2.24) is 10.0 Å². The summed E-state index contributed by atoms with van der Waals surface area (Å²) in [5.41, 5.74) is 1.69. The van der Waals surface area contributed by atoms with Crippen molar-refractivity contribution in [3.8, 4) is 0 Å². The summed E-state index contributed by atoms with van der Waals surface area (Å²) < 4.78 is 23.8. The lowest BCUT2D eigenvalue weighted by atomic mass is 10.2. The van der Waals surface area contributed by atoms with Gasteiger partial charge in [-0.3, -0.25) is 0 Å². The molecule has 7 heteroatoms. The number of aryl methyl sites for hydroxylation is 1. The molecular formula is C11H17N3O3S. The van der Waals surface area contributed by atoms with E-state index in [1.54, 1.807) is 6.07 Å². The van der Waals surface area contributed by atoms with Crippen LogP contribution in [-0.4, -0.2) is 33.8 Å². The summed E-state index contributed by atoms with van der Waals surface area (Å²) in [5, 5.41) is 5.23. The molecule has 0 aromatic heterocycles. The number of nitrogens with one attached hydrogen (secondary N) is 3. The Hall–Kier alpha value is -1.60. The summed E-state index contributed by atoms with van der Waals surface area (Å²) in [4.78, 5) is 11.5.